The highest BCUT2D eigenvalue weighted by atomic mass is 32.1. The maximum absolute atomic E-state index is 5.83. The molecule has 0 unspecified atom stereocenters. The van der Waals surface area contributed by atoms with Crippen molar-refractivity contribution < 1.29 is 9.26 Å². The number of aromatic nitrogens is 3. The third-order valence-electron chi connectivity index (χ3n) is 3.13. The molecule has 0 saturated carbocycles. The highest BCUT2D eigenvalue weighted by Gasteiger charge is 2.12. The van der Waals surface area contributed by atoms with Gasteiger partial charge in [-0.3, -0.25) is 0 Å². The molecule has 0 bridgehead atoms. The van der Waals surface area contributed by atoms with Crippen LogP contribution in [0.5, 0.6) is 5.75 Å². The van der Waals surface area contributed by atoms with Gasteiger partial charge in [0, 0.05) is 6.07 Å². The van der Waals surface area contributed by atoms with Gasteiger partial charge in [-0.05, 0) is 45.1 Å². The smallest absolute Gasteiger partial charge is 0.178 e. The number of para-hydroxylation sites is 1. The van der Waals surface area contributed by atoms with Crippen LogP contribution in [0.4, 0.5) is 0 Å². The fourth-order valence-electron chi connectivity index (χ4n) is 2.32. The van der Waals surface area contributed by atoms with E-state index < -0.39 is 0 Å². The largest absolute Gasteiger partial charge is 0.489 e. The van der Waals surface area contributed by atoms with Crippen LogP contribution in [0.25, 0.3) is 11.0 Å². The molecule has 110 valence electrons. The van der Waals surface area contributed by atoms with E-state index in [-0.39, 0.29) is 6.10 Å². The van der Waals surface area contributed by atoms with Gasteiger partial charge < -0.3 is 18.8 Å². The number of nitrogens with zero attached hydrogens (tertiary/aromatic N) is 2. The summed E-state index contributed by atoms with van der Waals surface area (Å²) in [5.41, 5.74) is 2.76. The number of ether oxygens (including phenoxy) is 1. The van der Waals surface area contributed by atoms with Crippen molar-refractivity contribution in [3.63, 3.8) is 0 Å². The van der Waals surface area contributed by atoms with E-state index in [9.17, 15) is 0 Å². The maximum Gasteiger partial charge on any atom is 0.178 e. The summed E-state index contributed by atoms with van der Waals surface area (Å²) in [5, 5.41) is 4.02. The van der Waals surface area contributed by atoms with E-state index in [0.29, 0.717) is 11.3 Å². The molecule has 21 heavy (non-hydrogen) atoms. The zero-order valence-corrected chi connectivity index (χ0v) is 13.0. The Bertz CT molecular complexity index is 829. The number of hydrogen-bond acceptors (Lipinski definition) is 4. The van der Waals surface area contributed by atoms with E-state index in [1.54, 1.807) is 0 Å². The molecule has 0 aliphatic carbocycles. The van der Waals surface area contributed by atoms with Crippen LogP contribution < -0.4 is 4.74 Å². The van der Waals surface area contributed by atoms with Crippen molar-refractivity contribution in [2.24, 2.45) is 0 Å². The molecule has 3 rings (SSSR count). The van der Waals surface area contributed by atoms with E-state index in [2.05, 4.69) is 10.1 Å². The molecule has 0 spiro atoms. The Balaban J connectivity index is 2.07. The minimum absolute atomic E-state index is 0.110. The van der Waals surface area contributed by atoms with E-state index in [1.165, 1.54) is 0 Å². The lowest BCUT2D eigenvalue weighted by atomic mass is 10.3. The van der Waals surface area contributed by atoms with Gasteiger partial charge in [0.1, 0.15) is 22.7 Å². The molecule has 6 heteroatoms. The highest BCUT2D eigenvalue weighted by Crippen LogP contribution is 2.26. The molecule has 1 aromatic carbocycles. The Kier molecular flexibility index (Phi) is 3.55. The lowest BCUT2D eigenvalue weighted by Crippen LogP contribution is -2.06. The van der Waals surface area contributed by atoms with Crippen LogP contribution in [0.3, 0.4) is 0 Å². The van der Waals surface area contributed by atoms with Gasteiger partial charge in [-0.15, -0.1) is 0 Å². The third-order valence-corrected chi connectivity index (χ3v) is 3.45. The topological polar surface area (TPSA) is 56.0 Å². The monoisotopic (exact) mass is 303 g/mol. The summed E-state index contributed by atoms with van der Waals surface area (Å²) >= 11 is 5.43. The molecule has 5 nitrogen and oxygen atoms in total. The van der Waals surface area contributed by atoms with E-state index >= 15 is 0 Å². The fraction of sp³-hybridized carbons (Fsp3) is 0.333. The average molecular weight is 303 g/mol. The van der Waals surface area contributed by atoms with E-state index in [1.807, 2.05) is 49.6 Å². The quantitative estimate of drug-likeness (QED) is 0.744. The molecular formula is C15H17N3O2S. The molecule has 2 aromatic heterocycles. The molecule has 1 N–H and O–H groups in total. The summed E-state index contributed by atoms with van der Waals surface area (Å²) in [6.45, 7) is 6.45. The van der Waals surface area contributed by atoms with Crippen molar-refractivity contribution >= 4 is 23.3 Å². The normalized spacial score (nSPS) is 11.4. The van der Waals surface area contributed by atoms with Crippen LogP contribution in [-0.2, 0) is 6.54 Å². The Labute approximate surface area is 127 Å². The van der Waals surface area contributed by atoms with Gasteiger partial charge in [0.25, 0.3) is 0 Å². The second-order valence-electron chi connectivity index (χ2n) is 5.26. The van der Waals surface area contributed by atoms with Gasteiger partial charge >= 0.3 is 0 Å². The second kappa shape index (κ2) is 5.37. The first-order chi connectivity index (χ1) is 10.0. The van der Waals surface area contributed by atoms with Crippen LogP contribution in [0.1, 0.15) is 25.3 Å². The molecule has 0 radical (unpaired) electrons. The van der Waals surface area contributed by atoms with Crippen molar-refractivity contribution in [3.05, 3.63) is 40.5 Å². The van der Waals surface area contributed by atoms with Gasteiger partial charge in [0.05, 0.1) is 18.2 Å². The molecular weight excluding hydrogens is 286 g/mol. The minimum atomic E-state index is 0.110. The number of benzene rings is 1. The lowest BCUT2D eigenvalue weighted by molar-refractivity contribution is 0.245. The molecule has 0 aliphatic rings. The summed E-state index contributed by atoms with van der Waals surface area (Å²) < 4.78 is 13.6. The standard InChI is InChI=1S/C15H17N3O2S/c1-9(2)19-13-6-4-5-12-14(13)16-15(21)18(12)8-11-7-10(3)20-17-11/h4-7,9H,8H2,1-3H3,(H,16,21). The molecule has 0 amide bonds. The Morgan fingerprint density at radius 3 is 2.90 bits per heavy atom. The number of hydrogen-bond donors (Lipinski definition) is 1. The molecule has 0 aliphatic heterocycles. The van der Waals surface area contributed by atoms with Crippen LogP contribution in [0.15, 0.2) is 28.8 Å². The van der Waals surface area contributed by atoms with Gasteiger partial charge in [-0.25, -0.2) is 0 Å². The minimum Gasteiger partial charge on any atom is -0.489 e. The van der Waals surface area contributed by atoms with Crippen molar-refractivity contribution in [2.45, 2.75) is 33.4 Å². The Morgan fingerprint density at radius 1 is 1.43 bits per heavy atom. The number of aryl methyl sites for hydroxylation is 1. The maximum atomic E-state index is 5.83. The first-order valence-corrected chi connectivity index (χ1v) is 7.26. The zero-order valence-electron chi connectivity index (χ0n) is 12.2. The SMILES string of the molecule is Cc1cc(Cn2c(=S)[nH]c3c(OC(C)C)cccc32)no1. The molecule has 0 fully saturated rings. The summed E-state index contributed by atoms with van der Waals surface area (Å²) in [7, 11) is 0. The summed E-state index contributed by atoms with van der Waals surface area (Å²) in [6.07, 6.45) is 0.110. The van der Waals surface area contributed by atoms with Gasteiger partial charge in [-0.2, -0.15) is 0 Å². The number of H-pyrrole nitrogens is 1. The zero-order chi connectivity index (χ0) is 15.0. The number of imidazole rings is 1. The summed E-state index contributed by atoms with van der Waals surface area (Å²) in [4.78, 5) is 3.22. The molecule has 2 heterocycles. The van der Waals surface area contributed by atoms with E-state index in [4.69, 9.17) is 21.5 Å². The number of nitrogens with one attached hydrogen (secondary N) is 1. The predicted octanol–water partition coefficient (Wildman–Crippen LogP) is 3.83. The number of rotatable bonds is 4. The fourth-order valence-corrected chi connectivity index (χ4v) is 2.58. The van der Waals surface area contributed by atoms with Crippen molar-refractivity contribution in [3.8, 4) is 5.75 Å². The summed E-state index contributed by atoms with van der Waals surface area (Å²) in [6, 6.07) is 7.84. The molecule has 3 aromatic rings. The van der Waals surface area contributed by atoms with Crippen LogP contribution in [-0.4, -0.2) is 20.8 Å². The first-order valence-electron chi connectivity index (χ1n) is 6.85. The summed E-state index contributed by atoms with van der Waals surface area (Å²) in [5.74, 6) is 1.60. The van der Waals surface area contributed by atoms with E-state index in [0.717, 1.165) is 28.2 Å². The highest BCUT2D eigenvalue weighted by molar-refractivity contribution is 7.71. The first kappa shape index (κ1) is 13.9. The van der Waals surface area contributed by atoms with Crippen LogP contribution in [0, 0.1) is 11.7 Å². The van der Waals surface area contributed by atoms with Crippen molar-refractivity contribution in [2.75, 3.05) is 0 Å². The Morgan fingerprint density at radius 2 is 2.24 bits per heavy atom. The molecule has 0 saturated heterocycles. The molecule has 0 atom stereocenters. The van der Waals surface area contributed by atoms with Gasteiger partial charge in [0.15, 0.2) is 4.77 Å². The van der Waals surface area contributed by atoms with Crippen molar-refractivity contribution in [1.82, 2.24) is 14.7 Å². The number of aromatic amines is 1. The third kappa shape index (κ3) is 2.71. The second-order valence-corrected chi connectivity index (χ2v) is 5.65. The van der Waals surface area contributed by atoms with Gasteiger partial charge in [-0.1, -0.05) is 11.2 Å². The van der Waals surface area contributed by atoms with Crippen molar-refractivity contribution in [1.29, 1.82) is 0 Å². The van der Waals surface area contributed by atoms with Crippen LogP contribution in [0.2, 0.25) is 0 Å². The Hall–Kier alpha value is -2.08. The van der Waals surface area contributed by atoms with Gasteiger partial charge in [0.2, 0.25) is 0 Å². The lowest BCUT2D eigenvalue weighted by Gasteiger charge is -2.10. The average Bonchev–Trinajstić information content (AvgIpc) is 2.96. The number of fused-ring (bicyclic) bond motifs is 1. The predicted molar refractivity (Wildman–Crippen MR) is 83.2 cm³/mol. The van der Waals surface area contributed by atoms with Crippen LogP contribution >= 0.6 is 12.2 Å².